The largest absolute Gasteiger partial charge is 0.464 e. The standard InChI is InChI=1S/C18H35NO4/c1-6-7-8-9-10-11-22-17(20)16(12-14(2)3)19-18(21)23-13-15(4)5/h14-16H,6-13H2,1-5H3,(H,19,21). The van der Waals surface area contributed by atoms with Crippen molar-refractivity contribution in [3.05, 3.63) is 0 Å². The topological polar surface area (TPSA) is 64.6 Å². The molecule has 23 heavy (non-hydrogen) atoms. The summed E-state index contributed by atoms with van der Waals surface area (Å²) < 4.78 is 10.4. The van der Waals surface area contributed by atoms with Crippen molar-refractivity contribution < 1.29 is 19.1 Å². The van der Waals surface area contributed by atoms with Crippen LogP contribution in [0.25, 0.3) is 0 Å². The first-order valence-electron chi connectivity index (χ1n) is 8.96. The lowest BCUT2D eigenvalue weighted by Gasteiger charge is -2.19. The van der Waals surface area contributed by atoms with Gasteiger partial charge in [-0.1, -0.05) is 60.3 Å². The van der Waals surface area contributed by atoms with E-state index in [-0.39, 0.29) is 17.8 Å². The number of carbonyl (C=O) groups is 2. The summed E-state index contributed by atoms with van der Waals surface area (Å²) in [6.07, 6.45) is 5.52. The first kappa shape index (κ1) is 21.7. The SMILES string of the molecule is CCCCCCCOC(=O)C(CC(C)C)NC(=O)OCC(C)C. The van der Waals surface area contributed by atoms with Crippen LogP contribution in [0.1, 0.15) is 73.1 Å². The Balaban J connectivity index is 4.19. The van der Waals surface area contributed by atoms with Gasteiger partial charge in [0, 0.05) is 0 Å². The molecular formula is C18H35NO4. The van der Waals surface area contributed by atoms with E-state index in [1.54, 1.807) is 0 Å². The number of nitrogens with one attached hydrogen (secondary N) is 1. The third-order valence-electron chi connectivity index (χ3n) is 3.32. The van der Waals surface area contributed by atoms with E-state index in [1.165, 1.54) is 19.3 Å². The molecule has 5 heteroatoms. The molecular weight excluding hydrogens is 294 g/mol. The van der Waals surface area contributed by atoms with E-state index in [1.807, 2.05) is 27.7 Å². The zero-order valence-corrected chi connectivity index (χ0v) is 15.5. The minimum absolute atomic E-state index is 0.263. The maximum absolute atomic E-state index is 12.1. The fourth-order valence-electron chi connectivity index (χ4n) is 2.09. The van der Waals surface area contributed by atoms with Crippen LogP contribution < -0.4 is 5.32 Å². The Hall–Kier alpha value is -1.26. The molecule has 1 atom stereocenters. The summed E-state index contributed by atoms with van der Waals surface area (Å²) in [6.45, 7) is 10.9. The van der Waals surface area contributed by atoms with Gasteiger partial charge in [0.15, 0.2) is 0 Å². The molecule has 0 bridgehead atoms. The first-order valence-corrected chi connectivity index (χ1v) is 8.96. The molecule has 0 aromatic carbocycles. The number of rotatable bonds is 12. The van der Waals surface area contributed by atoms with Gasteiger partial charge in [-0.3, -0.25) is 0 Å². The van der Waals surface area contributed by atoms with Gasteiger partial charge in [0.25, 0.3) is 0 Å². The summed E-state index contributed by atoms with van der Waals surface area (Å²) in [5.41, 5.74) is 0. The van der Waals surface area contributed by atoms with Gasteiger partial charge in [-0.05, 0) is 24.7 Å². The van der Waals surface area contributed by atoms with Crippen LogP contribution in [0.4, 0.5) is 4.79 Å². The summed E-state index contributed by atoms with van der Waals surface area (Å²) in [5.74, 6) is 0.178. The molecule has 5 nitrogen and oxygen atoms in total. The Labute approximate surface area is 141 Å². The molecule has 0 saturated heterocycles. The van der Waals surface area contributed by atoms with Crippen molar-refractivity contribution in [2.24, 2.45) is 11.8 Å². The fourth-order valence-corrected chi connectivity index (χ4v) is 2.09. The van der Waals surface area contributed by atoms with Gasteiger partial charge in [-0.25, -0.2) is 9.59 Å². The normalized spacial score (nSPS) is 12.3. The van der Waals surface area contributed by atoms with Crippen molar-refractivity contribution in [3.63, 3.8) is 0 Å². The fraction of sp³-hybridized carbons (Fsp3) is 0.889. The summed E-state index contributed by atoms with van der Waals surface area (Å²) in [6, 6.07) is -0.634. The van der Waals surface area contributed by atoms with Crippen molar-refractivity contribution in [1.82, 2.24) is 5.32 Å². The van der Waals surface area contributed by atoms with Gasteiger partial charge in [-0.15, -0.1) is 0 Å². The second-order valence-corrected chi connectivity index (χ2v) is 6.90. The van der Waals surface area contributed by atoms with Gasteiger partial charge in [0.1, 0.15) is 6.04 Å². The zero-order valence-electron chi connectivity index (χ0n) is 15.5. The van der Waals surface area contributed by atoms with Crippen molar-refractivity contribution in [2.75, 3.05) is 13.2 Å². The summed E-state index contributed by atoms with van der Waals surface area (Å²) in [7, 11) is 0. The zero-order chi connectivity index (χ0) is 17.7. The molecule has 136 valence electrons. The minimum atomic E-state index is -0.634. The van der Waals surface area contributed by atoms with E-state index in [0.717, 1.165) is 12.8 Å². The number of unbranched alkanes of at least 4 members (excludes halogenated alkanes) is 4. The molecule has 1 unspecified atom stereocenters. The maximum Gasteiger partial charge on any atom is 0.407 e. The number of hydrogen-bond acceptors (Lipinski definition) is 4. The van der Waals surface area contributed by atoms with Crippen LogP contribution in [0.15, 0.2) is 0 Å². The number of esters is 1. The molecule has 1 N–H and O–H groups in total. The molecule has 0 spiro atoms. The molecule has 0 radical (unpaired) electrons. The molecule has 0 aliphatic heterocycles. The van der Waals surface area contributed by atoms with Gasteiger partial charge in [0.05, 0.1) is 13.2 Å². The Kier molecular flexibility index (Phi) is 12.5. The number of ether oxygens (including phenoxy) is 2. The van der Waals surface area contributed by atoms with Crippen LogP contribution in [0.5, 0.6) is 0 Å². The Bertz CT molecular complexity index is 329. The van der Waals surface area contributed by atoms with Crippen molar-refractivity contribution >= 4 is 12.1 Å². The average molecular weight is 329 g/mol. The number of hydrogen-bond donors (Lipinski definition) is 1. The third kappa shape index (κ3) is 12.9. The van der Waals surface area contributed by atoms with Crippen LogP contribution in [-0.2, 0) is 14.3 Å². The highest BCUT2D eigenvalue weighted by Gasteiger charge is 2.24. The minimum Gasteiger partial charge on any atom is -0.464 e. The van der Waals surface area contributed by atoms with Crippen LogP contribution >= 0.6 is 0 Å². The highest BCUT2D eigenvalue weighted by atomic mass is 16.6. The van der Waals surface area contributed by atoms with E-state index >= 15 is 0 Å². The summed E-state index contributed by atoms with van der Waals surface area (Å²) >= 11 is 0. The van der Waals surface area contributed by atoms with Gasteiger partial charge in [-0.2, -0.15) is 0 Å². The van der Waals surface area contributed by atoms with E-state index < -0.39 is 12.1 Å². The Morgan fingerprint density at radius 3 is 2.13 bits per heavy atom. The highest BCUT2D eigenvalue weighted by molar-refractivity contribution is 5.81. The molecule has 0 aliphatic carbocycles. The van der Waals surface area contributed by atoms with Crippen LogP contribution in [0.2, 0.25) is 0 Å². The lowest BCUT2D eigenvalue weighted by molar-refractivity contribution is -0.146. The molecule has 1 amide bonds. The molecule has 0 aliphatic rings. The van der Waals surface area contributed by atoms with Gasteiger partial charge >= 0.3 is 12.1 Å². The monoisotopic (exact) mass is 329 g/mol. The molecule has 0 fully saturated rings. The Morgan fingerprint density at radius 1 is 0.913 bits per heavy atom. The molecule has 0 rings (SSSR count). The molecule has 0 aromatic heterocycles. The third-order valence-corrected chi connectivity index (χ3v) is 3.32. The molecule has 0 saturated carbocycles. The second kappa shape index (κ2) is 13.2. The number of carbonyl (C=O) groups excluding carboxylic acids is 2. The molecule has 0 aromatic rings. The Morgan fingerprint density at radius 2 is 1.57 bits per heavy atom. The van der Waals surface area contributed by atoms with E-state index in [2.05, 4.69) is 12.2 Å². The van der Waals surface area contributed by atoms with E-state index in [9.17, 15) is 9.59 Å². The smallest absolute Gasteiger partial charge is 0.407 e. The van der Waals surface area contributed by atoms with E-state index in [4.69, 9.17) is 9.47 Å². The van der Waals surface area contributed by atoms with Crippen LogP contribution in [0.3, 0.4) is 0 Å². The highest BCUT2D eigenvalue weighted by Crippen LogP contribution is 2.08. The summed E-state index contributed by atoms with van der Waals surface area (Å²) in [5, 5.41) is 2.63. The summed E-state index contributed by atoms with van der Waals surface area (Å²) in [4.78, 5) is 23.9. The predicted octanol–water partition coefficient (Wildman–Crippen LogP) is 4.30. The first-order chi connectivity index (χ1) is 10.9. The predicted molar refractivity (Wildman–Crippen MR) is 92.3 cm³/mol. The number of alkyl carbamates (subject to hydrolysis) is 1. The van der Waals surface area contributed by atoms with Crippen LogP contribution in [-0.4, -0.2) is 31.3 Å². The van der Waals surface area contributed by atoms with Crippen molar-refractivity contribution in [1.29, 1.82) is 0 Å². The quantitative estimate of drug-likeness (QED) is 0.428. The van der Waals surface area contributed by atoms with Crippen molar-refractivity contribution in [2.45, 2.75) is 79.2 Å². The number of amides is 1. The second-order valence-electron chi connectivity index (χ2n) is 6.90. The molecule has 0 heterocycles. The van der Waals surface area contributed by atoms with Gasteiger partial charge < -0.3 is 14.8 Å². The lowest BCUT2D eigenvalue weighted by Crippen LogP contribution is -2.43. The maximum atomic E-state index is 12.1. The average Bonchev–Trinajstić information content (AvgIpc) is 2.47. The van der Waals surface area contributed by atoms with E-state index in [0.29, 0.717) is 19.6 Å². The van der Waals surface area contributed by atoms with Crippen molar-refractivity contribution in [3.8, 4) is 0 Å². The van der Waals surface area contributed by atoms with Gasteiger partial charge in [0.2, 0.25) is 0 Å². The van der Waals surface area contributed by atoms with Crippen LogP contribution in [0, 0.1) is 11.8 Å². The lowest BCUT2D eigenvalue weighted by atomic mass is 10.0.